The molecule has 1 N–H and O–H groups in total. The highest BCUT2D eigenvalue weighted by atomic mass is 32.2. The maximum Gasteiger partial charge on any atom is 0.161 e. The zero-order valence-electron chi connectivity index (χ0n) is 13.4. The number of hydrogen-bond donors (Lipinski definition) is 1. The minimum atomic E-state index is 0.192. The van der Waals surface area contributed by atoms with Gasteiger partial charge in [-0.2, -0.15) is 0 Å². The molecule has 1 aliphatic rings. The van der Waals surface area contributed by atoms with Crippen molar-refractivity contribution in [2.45, 2.75) is 33.2 Å². The van der Waals surface area contributed by atoms with Crippen LogP contribution in [0, 0.1) is 5.41 Å². The summed E-state index contributed by atoms with van der Waals surface area (Å²) in [5.74, 6) is 2.63. The smallest absolute Gasteiger partial charge is 0.161 e. The number of hydrogen-bond acceptors (Lipinski definition) is 5. The van der Waals surface area contributed by atoms with Gasteiger partial charge in [0.05, 0.1) is 25.9 Å². The van der Waals surface area contributed by atoms with Crippen molar-refractivity contribution in [3.05, 3.63) is 18.2 Å². The molecular formula is C16H24N2O2S. The fraction of sp³-hybridized carbons (Fsp3) is 0.562. The van der Waals surface area contributed by atoms with Crippen LogP contribution >= 0.6 is 11.8 Å². The summed E-state index contributed by atoms with van der Waals surface area (Å²) in [6.45, 7) is 6.72. The van der Waals surface area contributed by atoms with E-state index in [4.69, 9.17) is 14.5 Å². The highest BCUT2D eigenvalue weighted by Crippen LogP contribution is 2.33. The van der Waals surface area contributed by atoms with Crippen LogP contribution in [0.15, 0.2) is 23.2 Å². The largest absolute Gasteiger partial charge is 0.497 e. The van der Waals surface area contributed by atoms with E-state index in [0.717, 1.165) is 34.5 Å². The van der Waals surface area contributed by atoms with E-state index in [1.54, 1.807) is 26.0 Å². The first-order chi connectivity index (χ1) is 9.94. The molecule has 0 saturated carbocycles. The molecule has 116 valence electrons. The highest BCUT2D eigenvalue weighted by Gasteiger charge is 2.27. The van der Waals surface area contributed by atoms with Gasteiger partial charge < -0.3 is 14.8 Å². The molecule has 1 atom stereocenters. The standard InChI is InChI=1S/C16H24N2O2S/c1-16(2,3)14-8-9-21-15(18-14)17-12-7-6-11(19-4)10-13(12)20-5/h6-7,10,14H,8-9H2,1-5H3,(H,17,18). The predicted octanol–water partition coefficient (Wildman–Crippen LogP) is 4.02. The van der Waals surface area contributed by atoms with Gasteiger partial charge in [0.15, 0.2) is 5.17 Å². The Labute approximate surface area is 131 Å². The Balaban J connectivity index is 2.19. The maximum absolute atomic E-state index is 5.42. The van der Waals surface area contributed by atoms with Gasteiger partial charge in [0.25, 0.3) is 0 Å². The van der Waals surface area contributed by atoms with Gasteiger partial charge in [0, 0.05) is 11.8 Å². The molecule has 1 aromatic carbocycles. The molecule has 0 amide bonds. The zero-order chi connectivity index (χ0) is 15.5. The molecule has 0 aromatic heterocycles. The molecule has 4 nitrogen and oxygen atoms in total. The molecule has 5 heteroatoms. The number of methoxy groups -OCH3 is 2. The third-order valence-corrected chi connectivity index (χ3v) is 4.47. The summed E-state index contributed by atoms with van der Waals surface area (Å²) in [5, 5.41) is 4.35. The average molecular weight is 308 g/mol. The Hall–Kier alpha value is -1.36. The second-order valence-electron chi connectivity index (χ2n) is 6.14. The molecule has 0 bridgehead atoms. The molecule has 1 aromatic rings. The second kappa shape index (κ2) is 6.60. The summed E-state index contributed by atoms with van der Waals surface area (Å²) >= 11 is 1.76. The molecule has 0 fully saturated rings. The summed E-state index contributed by atoms with van der Waals surface area (Å²) in [4.78, 5) is 4.85. The Kier molecular flexibility index (Phi) is 5.04. The zero-order valence-corrected chi connectivity index (χ0v) is 14.2. The molecule has 0 spiro atoms. The number of amidine groups is 1. The first-order valence-corrected chi connectivity index (χ1v) is 8.12. The van der Waals surface area contributed by atoms with Gasteiger partial charge in [-0.25, -0.2) is 0 Å². The van der Waals surface area contributed by atoms with E-state index >= 15 is 0 Å². The number of anilines is 1. The number of ether oxygens (including phenoxy) is 2. The molecule has 0 radical (unpaired) electrons. The van der Waals surface area contributed by atoms with E-state index in [9.17, 15) is 0 Å². The van der Waals surface area contributed by atoms with E-state index in [2.05, 4.69) is 26.1 Å². The third kappa shape index (κ3) is 4.06. The molecule has 1 unspecified atom stereocenters. The van der Waals surface area contributed by atoms with Crippen molar-refractivity contribution in [3.8, 4) is 11.5 Å². The van der Waals surface area contributed by atoms with E-state index in [0.29, 0.717) is 6.04 Å². The molecule has 0 saturated heterocycles. The lowest BCUT2D eigenvalue weighted by atomic mass is 9.85. The summed E-state index contributed by atoms with van der Waals surface area (Å²) in [5.41, 5.74) is 1.11. The van der Waals surface area contributed by atoms with Crippen LogP contribution in [0.2, 0.25) is 0 Å². The van der Waals surface area contributed by atoms with Crippen molar-refractivity contribution in [3.63, 3.8) is 0 Å². The first kappa shape index (κ1) is 16.0. The number of nitrogens with one attached hydrogen (secondary N) is 1. The van der Waals surface area contributed by atoms with Crippen LogP contribution in [0.4, 0.5) is 5.69 Å². The monoisotopic (exact) mass is 308 g/mol. The Morgan fingerprint density at radius 1 is 1.24 bits per heavy atom. The van der Waals surface area contributed by atoms with Crippen LogP contribution in [0.5, 0.6) is 11.5 Å². The molecule has 1 heterocycles. The van der Waals surface area contributed by atoms with Crippen molar-refractivity contribution >= 4 is 22.6 Å². The van der Waals surface area contributed by atoms with E-state index in [1.807, 2.05) is 18.2 Å². The number of thioether (sulfide) groups is 1. The lowest BCUT2D eigenvalue weighted by molar-refractivity contribution is 0.316. The number of nitrogens with zero attached hydrogens (tertiary/aromatic N) is 1. The van der Waals surface area contributed by atoms with Crippen LogP contribution in [0.1, 0.15) is 27.2 Å². The van der Waals surface area contributed by atoms with E-state index in [-0.39, 0.29) is 5.41 Å². The van der Waals surface area contributed by atoms with Gasteiger partial charge in [-0.3, -0.25) is 4.99 Å². The summed E-state index contributed by atoms with van der Waals surface area (Å²) < 4.78 is 10.6. The fourth-order valence-electron chi connectivity index (χ4n) is 2.22. The van der Waals surface area contributed by atoms with E-state index < -0.39 is 0 Å². The molecular weight excluding hydrogens is 284 g/mol. The van der Waals surface area contributed by atoms with Gasteiger partial charge in [-0.1, -0.05) is 32.5 Å². The second-order valence-corrected chi connectivity index (χ2v) is 7.23. The summed E-state index contributed by atoms with van der Waals surface area (Å²) in [6, 6.07) is 6.10. The first-order valence-electron chi connectivity index (χ1n) is 7.13. The van der Waals surface area contributed by atoms with Crippen molar-refractivity contribution in [2.24, 2.45) is 10.4 Å². The van der Waals surface area contributed by atoms with Crippen LogP contribution in [-0.2, 0) is 0 Å². The lowest BCUT2D eigenvalue weighted by Gasteiger charge is -2.31. The predicted molar refractivity (Wildman–Crippen MR) is 90.9 cm³/mol. The van der Waals surface area contributed by atoms with Crippen molar-refractivity contribution in [2.75, 3.05) is 25.3 Å². The Morgan fingerprint density at radius 2 is 2.00 bits per heavy atom. The highest BCUT2D eigenvalue weighted by molar-refractivity contribution is 8.14. The third-order valence-electron chi connectivity index (χ3n) is 3.55. The van der Waals surface area contributed by atoms with Gasteiger partial charge >= 0.3 is 0 Å². The van der Waals surface area contributed by atoms with Gasteiger partial charge in [-0.15, -0.1) is 0 Å². The van der Waals surface area contributed by atoms with Crippen LogP contribution in [0.3, 0.4) is 0 Å². The molecule has 21 heavy (non-hydrogen) atoms. The average Bonchev–Trinajstić information content (AvgIpc) is 2.47. The van der Waals surface area contributed by atoms with Crippen LogP contribution in [-0.4, -0.2) is 31.2 Å². The van der Waals surface area contributed by atoms with Crippen molar-refractivity contribution in [1.82, 2.24) is 0 Å². The SMILES string of the molecule is COc1ccc(NC2=NC(C(C)(C)C)CCS2)c(OC)c1. The fourth-order valence-corrected chi connectivity index (χ4v) is 3.14. The maximum atomic E-state index is 5.42. The summed E-state index contributed by atoms with van der Waals surface area (Å²) in [7, 11) is 3.31. The normalized spacial score (nSPS) is 18.9. The van der Waals surface area contributed by atoms with Gasteiger partial charge in [0.2, 0.25) is 0 Å². The van der Waals surface area contributed by atoms with Crippen molar-refractivity contribution in [1.29, 1.82) is 0 Å². The number of aliphatic imine (C=N–C) groups is 1. The topological polar surface area (TPSA) is 42.8 Å². The van der Waals surface area contributed by atoms with Crippen LogP contribution < -0.4 is 14.8 Å². The minimum Gasteiger partial charge on any atom is -0.497 e. The number of rotatable bonds is 3. The van der Waals surface area contributed by atoms with Crippen molar-refractivity contribution < 1.29 is 9.47 Å². The van der Waals surface area contributed by atoms with Gasteiger partial charge in [0.1, 0.15) is 11.5 Å². The Morgan fingerprint density at radius 3 is 2.62 bits per heavy atom. The van der Waals surface area contributed by atoms with Gasteiger partial charge in [-0.05, 0) is 24.0 Å². The lowest BCUT2D eigenvalue weighted by Crippen LogP contribution is -2.30. The minimum absolute atomic E-state index is 0.192. The molecule has 0 aliphatic carbocycles. The molecule has 2 rings (SSSR count). The van der Waals surface area contributed by atoms with E-state index in [1.165, 1.54) is 0 Å². The summed E-state index contributed by atoms with van der Waals surface area (Å²) in [6.07, 6.45) is 1.12. The number of benzene rings is 1. The molecule has 1 aliphatic heterocycles. The Bertz CT molecular complexity index is 523. The quantitative estimate of drug-likeness (QED) is 0.915. The van der Waals surface area contributed by atoms with Crippen LogP contribution in [0.25, 0.3) is 0 Å².